The molecule has 7 nitrogen and oxygen atoms in total. The van der Waals surface area contributed by atoms with E-state index in [9.17, 15) is 19.8 Å². The summed E-state index contributed by atoms with van der Waals surface area (Å²) in [6.45, 7) is 0. The summed E-state index contributed by atoms with van der Waals surface area (Å²) in [7, 11) is 0. The van der Waals surface area contributed by atoms with Crippen LogP contribution in [0.5, 0.6) is 0 Å². The molecule has 0 aromatic carbocycles. The number of hydrogen-bond donors (Lipinski definition) is 3. The molecular formula is C4H8KNNiO6+2. The zero-order chi connectivity index (χ0) is 8.31. The number of carbonyl (C=O) groups excluding carboxylic acids is 2. The summed E-state index contributed by atoms with van der Waals surface area (Å²) in [5, 5.41) is 35.7. The second-order valence-corrected chi connectivity index (χ2v) is 1.53. The summed E-state index contributed by atoms with van der Waals surface area (Å²) < 4.78 is 0. The van der Waals surface area contributed by atoms with E-state index in [0.29, 0.717) is 0 Å². The summed E-state index contributed by atoms with van der Waals surface area (Å²) in [4.78, 5) is 19.3. The SMILES string of the molecule is O=C([O-])C(O)C(O)C(=O)[O-].[K+].[NH4+].[Ni+2]. The van der Waals surface area contributed by atoms with Crippen LogP contribution >= 0.6 is 0 Å². The third-order valence-electron chi connectivity index (χ3n) is 0.782. The minimum atomic E-state index is -2.44. The first-order valence-corrected chi connectivity index (χ1v) is 2.24. The zero-order valence-electron chi connectivity index (χ0n) is 7.00. The Hall–Kier alpha value is 0.950. The predicted molar refractivity (Wildman–Crippen MR) is 28.0 cm³/mol. The molecule has 9 heteroatoms. The van der Waals surface area contributed by atoms with Crippen LogP contribution in [0.3, 0.4) is 0 Å². The van der Waals surface area contributed by atoms with Crippen molar-refractivity contribution in [3.63, 3.8) is 0 Å². The first kappa shape index (κ1) is 23.6. The minimum Gasteiger partial charge on any atom is -0.547 e. The van der Waals surface area contributed by atoms with E-state index in [1.807, 2.05) is 0 Å². The first-order valence-electron chi connectivity index (χ1n) is 2.24. The monoisotopic (exact) mass is 263 g/mol. The van der Waals surface area contributed by atoms with E-state index in [1.54, 1.807) is 0 Å². The van der Waals surface area contributed by atoms with Crippen LogP contribution in [0.2, 0.25) is 0 Å². The molecule has 0 saturated heterocycles. The molecule has 0 aromatic rings. The molecule has 6 N–H and O–H groups in total. The van der Waals surface area contributed by atoms with Gasteiger partial charge in [0.25, 0.3) is 0 Å². The van der Waals surface area contributed by atoms with Crippen LogP contribution < -0.4 is 67.7 Å². The first-order chi connectivity index (χ1) is 4.46. The van der Waals surface area contributed by atoms with Crippen molar-refractivity contribution < 1.29 is 97.9 Å². The fraction of sp³-hybridized carbons (Fsp3) is 0.500. The minimum absolute atomic E-state index is 0. The van der Waals surface area contributed by atoms with E-state index in [2.05, 4.69) is 0 Å². The van der Waals surface area contributed by atoms with Gasteiger partial charge < -0.3 is 36.2 Å². The molecule has 13 heavy (non-hydrogen) atoms. The second-order valence-electron chi connectivity index (χ2n) is 1.53. The fourth-order valence-corrected chi connectivity index (χ4v) is 0.258. The van der Waals surface area contributed by atoms with Crippen molar-refractivity contribution in [1.29, 1.82) is 0 Å². The van der Waals surface area contributed by atoms with Crippen LogP contribution in [0.4, 0.5) is 0 Å². The van der Waals surface area contributed by atoms with Gasteiger partial charge >= 0.3 is 67.9 Å². The largest absolute Gasteiger partial charge is 2.00 e. The molecule has 74 valence electrons. The van der Waals surface area contributed by atoms with Crippen molar-refractivity contribution in [2.45, 2.75) is 12.2 Å². The molecule has 2 atom stereocenters. The number of carboxylic acid groups (broad SMARTS) is 2. The van der Waals surface area contributed by atoms with Gasteiger partial charge in [0.2, 0.25) is 0 Å². The number of quaternary nitrogens is 1. The van der Waals surface area contributed by atoms with E-state index in [1.165, 1.54) is 0 Å². The summed E-state index contributed by atoms with van der Waals surface area (Å²) in [6, 6.07) is 0. The molecule has 0 aliphatic carbocycles. The predicted octanol–water partition coefficient (Wildman–Crippen LogP) is -7.41. The molecule has 0 aliphatic heterocycles. The Kier molecular flexibility index (Phi) is 20.0. The van der Waals surface area contributed by atoms with Gasteiger partial charge in [0.15, 0.2) is 0 Å². The number of aliphatic carboxylic acids is 2. The maximum atomic E-state index is 9.63. The maximum absolute atomic E-state index is 9.63. The van der Waals surface area contributed by atoms with E-state index >= 15 is 0 Å². The van der Waals surface area contributed by atoms with Gasteiger partial charge in [-0.1, -0.05) is 0 Å². The van der Waals surface area contributed by atoms with Gasteiger partial charge in [-0.05, 0) is 0 Å². The smallest absolute Gasteiger partial charge is 0.547 e. The molecule has 2 unspecified atom stereocenters. The fourth-order valence-electron chi connectivity index (χ4n) is 0.258. The van der Waals surface area contributed by atoms with Crippen LogP contribution in [-0.2, 0) is 26.1 Å². The Morgan fingerprint density at radius 1 is 1.00 bits per heavy atom. The molecule has 0 bridgehead atoms. The topological polar surface area (TPSA) is 157 Å². The third-order valence-corrected chi connectivity index (χ3v) is 0.782. The molecule has 0 spiro atoms. The van der Waals surface area contributed by atoms with E-state index in [0.717, 1.165) is 0 Å². The quantitative estimate of drug-likeness (QED) is 0.429. The Morgan fingerprint density at radius 3 is 1.23 bits per heavy atom. The molecule has 0 amide bonds. The standard InChI is InChI=1S/C4H6O6.K.H3N.Ni/c5-1(3(7)8)2(6)4(9)10;;;/h1-2,5-6H,(H,7,8)(H,9,10);;1H3;/q;+1;;+2/p-1. The van der Waals surface area contributed by atoms with Crippen molar-refractivity contribution >= 4 is 11.9 Å². The number of carboxylic acids is 2. The van der Waals surface area contributed by atoms with Crippen molar-refractivity contribution in [3.8, 4) is 0 Å². The normalized spacial score (nSPS) is 12.2. The van der Waals surface area contributed by atoms with Crippen LogP contribution in [0.15, 0.2) is 0 Å². The second kappa shape index (κ2) is 11.0. The maximum Gasteiger partial charge on any atom is 2.00 e. The van der Waals surface area contributed by atoms with Gasteiger partial charge in [0.1, 0.15) is 12.2 Å². The molecular weight excluding hydrogens is 256 g/mol. The molecule has 0 rings (SSSR count). The van der Waals surface area contributed by atoms with E-state index < -0.39 is 24.1 Å². The summed E-state index contributed by atoms with van der Waals surface area (Å²) >= 11 is 0. The van der Waals surface area contributed by atoms with Crippen molar-refractivity contribution in [2.75, 3.05) is 0 Å². The Balaban J connectivity index is -0.000000135. The number of aliphatic hydroxyl groups excluding tert-OH is 2. The number of carbonyl (C=O) groups is 2. The summed E-state index contributed by atoms with van der Waals surface area (Å²) in [6.07, 6.45) is -4.88. The van der Waals surface area contributed by atoms with Crippen LogP contribution in [0, 0.1) is 0 Å². The van der Waals surface area contributed by atoms with Gasteiger partial charge in [0, 0.05) is 0 Å². The van der Waals surface area contributed by atoms with Gasteiger partial charge in [-0.2, -0.15) is 0 Å². The number of rotatable bonds is 3. The molecule has 0 fully saturated rings. The number of aliphatic hydroxyl groups is 2. The third kappa shape index (κ3) is 9.26. The molecule has 0 aliphatic rings. The van der Waals surface area contributed by atoms with Gasteiger partial charge in [0.05, 0.1) is 11.9 Å². The average molecular weight is 264 g/mol. The van der Waals surface area contributed by atoms with E-state index in [-0.39, 0.29) is 74.0 Å². The van der Waals surface area contributed by atoms with Crippen LogP contribution in [0.25, 0.3) is 0 Å². The molecule has 0 aromatic heterocycles. The van der Waals surface area contributed by atoms with Gasteiger partial charge in [-0.25, -0.2) is 0 Å². The van der Waals surface area contributed by atoms with Crippen LogP contribution in [-0.4, -0.2) is 34.4 Å². The molecule has 0 heterocycles. The Morgan fingerprint density at radius 2 is 1.15 bits per heavy atom. The Labute approximate surface area is 126 Å². The summed E-state index contributed by atoms with van der Waals surface area (Å²) in [5.41, 5.74) is 0. The average Bonchev–Trinajstić information content (AvgIpc) is 1.84. The van der Waals surface area contributed by atoms with Crippen molar-refractivity contribution in [2.24, 2.45) is 0 Å². The summed E-state index contributed by atoms with van der Waals surface area (Å²) in [5.74, 6) is -4.12. The van der Waals surface area contributed by atoms with E-state index in [4.69, 9.17) is 10.2 Å². The Bertz CT molecular complexity index is 149. The zero-order valence-corrected chi connectivity index (χ0v) is 11.1. The van der Waals surface area contributed by atoms with Crippen molar-refractivity contribution in [1.82, 2.24) is 6.15 Å². The molecule has 0 saturated carbocycles. The molecule has 0 radical (unpaired) electrons. The van der Waals surface area contributed by atoms with Crippen molar-refractivity contribution in [3.05, 3.63) is 0 Å². The number of hydrogen-bond acceptors (Lipinski definition) is 6. The van der Waals surface area contributed by atoms with Gasteiger partial charge in [-0.15, -0.1) is 0 Å². The van der Waals surface area contributed by atoms with Gasteiger partial charge in [-0.3, -0.25) is 0 Å². The van der Waals surface area contributed by atoms with Crippen LogP contribution in [0.1, 0.15) is 0 Å².